The average Bonchev–Trinajstić information content (AvgIpc) is 3.33. The normalized spacial score (nSPS) is 18.1. The highest BCUT2D eigenvalue weighted by Gasteiger charge is 2.46. The second-order valence-electron chi connectivity index (χ2n) is 11.2. The summed E-state index contributed by atoms with van der Waals surface area (Å²) in [6, 6.07) is 16.4. The Bertz CT molecular complexity index is 1360. The molecule has 1 fully saturated rings. The Kier molecular flexibility index (Phi) is 12.0. The fraction of sp³-hybridized carbons (Fsp3) is 0.452. The van der Waals surface area contributed by atoms with Crippen molar-refractivity contribution in [2.45, 2.75) is 44.7 Å². The number of carbonyl (C=O) groups excluding carboxylic acids is 3. The molecule has 0 radical (unpaired) electrons. The van der Waals surface area contributed by atoms with Gasteiger partial charge in [0.15, 0.2) is 5.78 Å². The van der Waals surface area contributed by atoms with Crippen molar-refractivity contribution in [3.63, 3.8) is 0 Å². The van der Waals surface area contributed by atoms with Gasteiger partial charge in [-0.05, 0) is 56.8 Å². The molecule has 8 N–H and O–H groups in total. The third kappa shape index (κ3) is 7.05. The molecule has 4 rings (SSSR count). The lowest BCUT2D eigenvalue weighted by Gasteiger charge is -2.45. The van der Waals surface area contributed by atoms with Crippen LogP contribution >= 0.6 is 0 Å². The Hall–Kier alpha value is -3.61. The van der Waals surface area contributed by atoms with Gasteiger partial charge in [0.25, 0.3) is 0 Å². The van der Waals surface area contributed by atoms with E-state index in [1.807, 2.05) is 75.6 Å². The molecule has 3 atom stereocenters. The van der Waals surface area contributed by atoms with Gasteiger partial charge in [0.1, 0.15) is 0 Å². The van der Waals surface area contributed by atoms with Crippen LogP contribution in [-0.2, 0) is 22.4 Å². The number of hydrazine groups is 1. The Morgan fingerprint density at radius 2 is 1.69 bits per heavy atom. The molecular weight excluding hydrogens is 536 g/mol. The third-order valence-electron chi connectivity index (χ3n) is 8.25. The molecule has 1 aliphatic rings. The van der Waals surface area contributed by atoms with Crippen LogP contribution in [0, 0.1) is 5.41 Å². The van der Waals surface area contributed by atoms with E-state index >= 15 is 0 Å². The van der Waals surface area contributed by atoms with Crippen LogP contribution in [0.1, 0.15) is 41.4 Å². The molecule has 230 valence electrons. The van der Waals surface area contributed by atoms with Crippen LogP contribution in [0.4, 0.5) is 0 Å². The molecule has 1 unspecified atom stereocenters. The van der Waals surface area contributed by atoms with Gasteiger partial charge in [0, 0.05) is 45.1 Å². The molecule has 0 bridgehead atoms. The van der Waals surface area contributed by atoms with Gasteiger partial charge >= 0.3 is 0 Å². The van der Waals surface area contributed by atoms with E-state index in [0.29, 0.717) is 38.0 Å². The molecule has 1 aliphatic heterocycles. The molecule has 0 spiro atoms. The van der Waals surface area contributed by atoms with E-state index < -0.39 is 11.5 Å². The number of H-pyrrole nitrogens is 1. The van der Waals surface area contributed by atoms with Gasteiger partial charge in [0.2, 0.25) is 11.8 Å². The second-order valence-corrected chi connectivity index (χ2v) is 11.2. The number of hydrogen-bond donors (Lipinski definition) is 3. The number of para-hydroxylation sites is 1. The minimum Gasteiger partial charge on any atom is -0.412 e. The first kappa shape index (κ1) is 34.6. The molecule has 1 aromatic heterocycles. The topological polar surface area (TPSA) is 178 Å². The standard InChI is InChI=1S/C31H42N6O3.2H2O/c1-21(33-2)28(38)27-24(23-14-9-10-15-26(23)34-27)18-25(32)29(39)37-17-11-16-31(20-37,30(40)36(5)35(3)4)19-22-12-7-6-8-13-22;;/h6-10,12-15,21,25,33-34H,11,16-20,32H2,1-5H3;2*1H2/t21?,25-,31-;;/m1../s1. The second kappa shape index (κ2) is 14.5. The number of Topliss-reactive ketones (excluding diaryl/α,β-unsaturated/α-hetero) is 1. The quantitative estimate of drug-likeness (QED) is 0.237. The summed E-state index contributed by atoms with van der Waals surface area (Å²) in [6.07, 6.45) is 2.14. The molecule has 2 aromatic carbocycles. The van der Waals surface area contributed by atoms with E-state index in [4.69, 9.17) is 5.73 Å². The number of amides is 2. The van der Waals surface area contributed by atoms with Crippen LogP contribution in [0.5, 0.6) is 0 Å². The highest BCUT2D eigenvalue weighted by Crippen LogP contribution is 2.36. The van der Waals surface area contributed by atoms with Gasteiger partial charge < -0.3 is 31.9 Å². The number of hydrogen-bond acceptors (Lipinski definition) is 6. The minimum atomic E-state index is -0.857. The summed E-state index contributed by atoms with van der Waals surface area (Å²) in [7, 11) is 7.19. The molecular formula is C31H46N6O5. The van der Waals surface area contributed by atoms with E-state index in [-0.39, 0.29) is 41.0 Å². The van der Waals surface area contributed by atoms with Crippen molar-refractivity contribution in [3.05, 3.63) is 71.4 Å². The third-order valence-corrected chi connectivity index (χ3v) is 8.25. The molecule has 11 nitrogen and oxygen atoms in total. The van der Waals surface area contributed by atoms with Crippen molar-refractivity contribution in [3.8, 4) is 0 Å². The van der Waals surface area contributed by atoms with Crippen molar-refractivity contribution >= 4 is 28.5 Å². The number of ketones is 1. The van der Waals surface area contributed by atoms with Gasteiger partial charge in [-0.25, -0.2) is 5.01 Å². The summed E-state index contributed by atoms with van der Waals surface area (Å²) in [5.74, 6) is -0.300. The number of likely N-dealkylation sites (N-methyl/N-ethyl adjacent to an activating group) is 1. The number of carbonyl (C=O) groups is 3. The number of rotatable bonds is 10. The maximum atomic E-state index is 13.9. The van der Waals surface area contributed by atoms with E-state index in [2.05, 4.69) is 10.3 Å². The van der Waals surface area contributed by atoms with Crippen LogP contribution in [0.3, 0.4) is 0 Å². The Labute approximate surface area is 247 Å². The molecule has 0 aliphatic carbocycles. The zero-order valence-corrected chi connectivity index (χ0v) is 25.2. The molecule has 0 saturated carbocycles. The zero-order valence-electron chi connectivity index (χ0n) is 25.2. The van der Waals surface area contributed by atoms with Crippen LogP contribution in [0.25, 0.3) is 10.9 Å². The van der Waals surface area contributed by atoms with Crippen molar-refractivity contribution in [1.29, 1.82) is 0 Å². The summed E-state index contributed by atoms with van der Waals surface area (Å²) in [6.45, 7) is 2.64. The highest BCUT2D eigenvalue weighted by molar-refractivity contribution is 6.05. The summed E-state index contributed by atoms with van der Waals surface area (Å²) < 4.78 is 0. The highest BCUT2D eigenvalue weighted by atomic mass is 16.2. The number of piperidine rings is 1. The Balaban J connectivity index is 0.00000308. The van der Waals surface area contributed by atoms with Gasteiger partial charge in [0.05, 0.1) is 23.2 Å². The molecule has 11 heteroatoms. The van der Waals surface area contributed by atoms with E-state index in [0.717, 1.165) is 22.0 Å². The van der Waals surface area contributed by atoms with Crippen molar-refractivity contribution < 1.29 is 25.3 Å². The van der Waals surface area contributed by atoms with Crippen LogP contribution in [0.15, 0.2) is 54.6 Å². The minimum absolute atomic E-state index is 0. The number of likely N-dealkylation sites (tertiary alicyclic amines) is 1. The van der Waals surface area contributed by atoms with Gasteiger partial charge in [-0.3, -0.25) is 19.4 Å². The lowest BCUT2D eigenvalue weighted by Crippen LogP contribution is -2.58. The number of nitrogens with one attached hydrogen (secondary N) is 2. The van der Waals surface area contributed by atoms with Gasteiger partial charge in [-0.15, -0.1) is 0 Å². The van der Waals surface area contributed by atoms with Crippen molar-refractivity contribution in [2.24, 2.45) is 11.1 Å². The average molecular weight is 583 g/mol. The molecule has 42 heavy (non-hydrogen) atoms. The predicted molar refractivity (Wildman–Crippen MR) is 165 cm³/mol. The Morgan fingerprint density at radius 3 is 2.33 bits per heavy atom. The first-order valence-electron chi connectivity index (χ1n) is 13.9. The number of fused-ring (bicyclic) bond motifs is 1. The predicted octanol–water partition coefficient (Wildman–Crippen LogP) is 0.965. The zero-order chi connectivity index (χ0) is 29.0. The fourth-order valence-corrected chi connectivity index (χ4v) is 5.74. The maximum absolute atomic E-state index is 13.9. The number of aromatic nitrogens is 1. The lowest BCUT2D eigenvalue weighted by molar-refractivity contribution is -0.159. The monoisotopic (exact) mass is 582 g/mol. The number of benzene rings is 2. The van der Waals surface area contributed by atoms with E-state index in [1.54, 1.807) is 29.0 Å². The molecule has 2 amide bonds. The molecule has 1 saturated heterocycles. The summed E-state index contributed by atoms with van der Waals surface area (Å²) in [4.78, 5) is 45.9. The Morgan fingerprint density at radius 1 is 1.05 bits per heavy atom. The first-order chi connectivity index (χ1) is 19.1. The van der Waals surface area contributed by atoms with E-state index in [1.165, 1.54) is 0 Å². The van der Waals surface area contributed by atoms with E-state index in [9.17, 15) is 14.4 Å². The van der Waals surface area contributed by atoms with Crippen LogP contribution < -0.4 is 11.1 Å². The summed E-state index contributed by atoms with van der Waals surface area (Å²) >= 11 is 0. The maximum Gasteiger partial charge on any atom is 0.244 e. The molecule has 3 aromatic rings. The first-order valence-corrected chi connectivity index (χ1v) is 13.9. The summed E-state index contributed by atoms with van der Waals surface area (Å²) in [5, 5.41) is 7.29. The number of aromatic amines is 1. The van der Waals surface area contributed by atoms with Crippen LogP contribution in [-0.4, -0.2) is 102 Å². The number of nitrogens with zero attached hydrogens (tertiary/aromatic N) is 3. The molecule has 2 heterocycles. The smallest absolute Gasteiger partial charge is 0.244 e. The van der Waals surface area contributed by atoms with Crippen molar-refractivity contribution in [2.75, 3.05) is 41.3 Å². The van der Waals surface area contributed by atoms with Crippen molar-refractivity contribution in [1.82, 2.24) is 25.2 Å². The van der Waals surface area contributed by atoms with Gasteiger partial charge in [-0.1, -0.05) is 48.5 Å². The SMILES string of the molecule is CNC(C)C(=O)c1[nH]c2ccccc2c1C[C@@H](N)C(=O)N1CCC[C@](Cc2ccccc2)(C(=O)N(C)N(C)C)C1.O.O. The largest absolute Gasteiger partial charge is 0.412 e. The van der Waals surface area contributed by atoms with Crippen LogP contribution in [0.2, 0.25) is 0 Å². The summed E-state index contributed by atoms with van der Waals surface area (Å²) in [5.41, 5.74) is 8.95. The number of nitrogens with two attached hydrogens (primary N) is 1. The lowest BCUT2D eigenvalue weighted by atomic mass is 9.74. The fourth-order valence-electron chi connectivity index (χ4n) is 5.74. The van der Waals surface area contributed by atoms with Gasteiger partial charge in [-0.2, -0.15) is 0 Å².